The summed E-state index contributed by atoms with van der Waals surface area (Å²) in [6.45, 7) is 3.57. The van der Waals surface area contributed by atoms with E-state index in [1.54, 1.807) is 17.0 Å². The van der Waals surface area contributed by atoms with Crippen molar-refractivity contribution in [2.24, 2.45) is 0 Å². The number of amides is 2. The third kappa shape index (κ3) is 3.73. The lowest BCUT2D eigenvalue weighted by Crippen LogP contribution is -2.60. The molecule has 0 saturated carbocycles. The van der Waals surface area contributed by atoms with Crippen molar-refractivity contribution < 1.29 is 9.59 Å². The summed E-state index contributed by atoms with van der Waals surface area (Å²) in [4.78, 5) is 30.1. The summed E-state index contributed by atoms with van der Waals surface area (Å²) in [5.74, 6) is -0.261. The molecule has 1 aromatic carbocycles. The number of likely N-dealkylation sites (tertiary alicyclic amines) is 1. The molecule has 8 nitrogen and oxygen atoms in total. The first kappa shape index (κ1) is 20.2. The zero-order valence-electron chi connectivity index (χ0n) is 17.2. The molecule has 0 aliphatic carbocycles. The minimum Gasteiger partial charge on any atom is -0.397 e. The standard InChI is InChI=1S/C21H24N6O2S/c1-12-15(11-26(2)3)24-25-20-16(12)17(22)18(30-20)19(28)23-14-9-27(10-14)21(29)13-7-5-4-6-8-13/h4-8,14H,9-11,22H2,1-3H3,(H,23,28). The van der Waals surface area contributed by atoms with E-state index in [2.05, 4.69) is 15.5 Å². The Morgan fingerprint density at radius 1 is 1.23 bits per heavy atom. The number of anilines is 1. The third-order valence-corrected chi connectivity index (χ3v) is 6.28. The molecular formula is C21H24N6O2S. The van der Waals surface area contributed by atoms with Crippen LogP contribution in [0.1, 0.15) is 31.3 Å². The molecule has 2 amide bonds. The van der Waals surface area contributed by atoms with Gasteiger partial charge in [0.05, 0.1) is 17.4 Å². The number of benzene rings is 1. The van der Waals surface area contributed by atoms with Gasteiger partial charge in [0.2, 0.25) is 0 Å². The molecule has 1 aliphatic rings. The molecule has 3 N–H and O–H groups in total. The number of hydrogen-bond donors (Lipinski definition) is 2. The maximum atomic E-state index is 12.8. The molecule has 4 rings (SSSR count). The van der Waals surface area contributed by atoms with Crippen LogP contribution in [0.4, 0.5) is 5.69 Å². The Bertz CT molecular complexity index is 1110. The number of nitrogens with zero attached hydrogens (tertiary/aromatic N) is 4. The molecule has 1 fully saturated rings. The molecule has 0 bridgehead atoms. The second-order valence-electron chi connectivity index (χ2n) is 7.78. The van der Waals surface area contributed by atoms with E-state index in [4.69, 9.17) is 5.73 Å². The SMILES string of the molecule is Cc1c(CN(C)C)nnc2sc(C(=O)NC3CN(C(=O)c4ccccc4)C3)c(N)c12. The Labute approximate surface area is 178 Å². The molecule has 3 aromatic rings. The Kier molecular flexibility index (Phi) is 5.40. The number of nitrogens with one attached hydrogen (secondary N) is 1. The molecule has 0 spiro atoms. The highest BCUT2D eigenvalue weighted by Crippen LogP contribution is 2.35. The van der Waals surface area contributed by atoms with Crippen LogP contribution in [0.3, 0.4) is 0 Å². The van der Waals surface area contributed by atoms with Crippen molar-refractivity contribution in [3.05, 3.63) is 52.0 Å². The molecule has 0 atom stereocenters. The average Bonchev–Trinajstić information content (AvgIpc) is 3.03. The number of aryl methyl sites for hydroxylation is 1. The van der Waals surface area contributed by atoms with Crippen LogP contribution in [-0.2, 0) is 6.54 Å². The maximum Gasteiger partial charge on any atom is 0.263 e. The van der Waals surface area contributed by atoms with Crippen molar-refractivity contribution in [3.8, 4) is 0 Å². The van der Waals surface area contributed by atoms with Crippen molar-refractivity contribution in [3.63, 3.8) is 0 Å². The lowest BCUT2D eigenvalue weighted by molar-refractivity contribution is 0.0543. The predicted octanol–water partition coefficient (Wildman–Crippen LogP) is 1.90. The number of carbonyl (C=O) groups is 2. The number of hydrogen-bond acceptors (Lipinski definition) is 7. The summed E-state index contributed by atoms with van der Waals surface area (Å²) >= 11 is 1.25. The van der Waals surface area contributed by atoms with Crippen molar-refractivity contribution >= 4 is 39.1 Å². The molecule has 0 radical (unpaired) electrons. The first-order valence-corrected chi connectivity index (χ1v) is 10.5. The van der Waals surface area contributed by atoms with E-state index in [1.807, 2.05) is 44.1 Å². The van der Waals surface area contributed by atoms with Crippen molar-refractivity contribution in [1.29, 1.82) is 0 Å². The Hall–Kier alpha value is -3.04. The molecule has 1 saturated heterocycles. The van der Waals surface area contributed by atoms with Gasteiger partial charge in [0.15, 0.2) is 0 Å². The van der Waals surface area contributed by atoms with Gasteiger partial charge in [-0.05, 0) is 38.7 Å². The summed E-state index contributed by atoms with van der Waals surface area (Å²) in [7, 11) is 3.93. The highest BCUT2D eigenvalue weighted by Gasteiger charge is 2.33. The van der Waals surface area contributed by atoms with Gasteiger partial charge in [0.25, 0.3) is 11.8 Å². The second-order valence-corrected chi connectivity index (χ2v) is 8.78. The van der Waals surface area contributed by atoms with Gasteiger partial charge in [-0.2, -0.15) is 5.10 Å². The van der Waals surface area contributed by atoms with Crippen LogP contribution in [0.2, 0.25) is 0 Å². The minimum absolute atomic E-state index is 0.0261. The first-order valence-electron chi connectivity index (χ1n) is 9.69. The molecule has 3 heterocycles. The molecule has 0 unspecified atom stereocenters. The number of nitrogens with two attached hydrogens (primary N) is 1. The quantitative estimate of drug-likeness (QED) is 0.648. The fraction of sp³-hybridized carbons (Fsp3) is 0.333. The Morgan fingerprint density at radius 3 is 2.60 bits per heavy atom. The highest BCUT2D eigenvalue weighted by atomic mass is 32.1. The fourth-order valence-electron chi connectivity index (χ4n) is 3.56. The largest absolute Gasteiger partial charge is 0.397 e. The normalized spacial score (nSPS) is 14.2. The fourth-order valence-corrected chi connectivity index (χ4v) is 4.56. The summed E-state index contributed by atoms with van der Waals surface area (Å²) < 4.78 is 0. The summed E-state index contributed by atoms with van der Waals surface area (Å²) in [6, 6.07) is 9.05. The second kappa shape index (κ2) is 8.00. The van der Waals surface area contributed by atoms with E-state index in [0.717, 1.165) is 16.6 Å². The van der Waals surface area contributed by atoms with Gasteiger partial charge in [-0.25, -0.2) is 0 Å². The van der Waals surface area contributed by atoms with E-state index in [0.29, 0.717) is 40.6 Å². The maximum absolute atomic E-state index is 12.8. The first-order chi connectivity index (χ1) is 14.3. The Morgan fingerprint density at radius 2 is 1.93 bits per heavy atom. The average molecular weight is 425 g/mol. The lowest BCUT2D eigenvalue weighted by Gasteiger charge is -2.39. The number of carbonyl (C=O) groups excluding carboxylic acids is 2. The molecular weight excluding hydrogens is 400 g/mol. The van der Waals surface area contributed by atoms with Gasteiger partial charge in [0.1, 0.15) is 9.71 Å². The third-order valence-electron chi connectivity index (χ3n) is 5.19. The van der Waals surface area contributed by atoms with Crippen molar-refractivity contribution in [2.75, 3.05) is 32.9 Å². The number of nitrogen functional groups attached to an aromatic ring is 1. The highest BCUT2D eigenvalue weighted by molar-refractivity contribution is 7.21. The zero-order chi connectivity index (χ0) is 21.4. The van der Waals surface area contributed by atoms with Crippen LogP contribution in [-0.4, -0.2) is 65.0 Å². The lowest BCUT2D eigenvalue weighted by atomic mass is 10.1. The van der Waals surface area contributed by atoms with E-state index >= 15 is 0 Å². The number of fused-ring (bicyclic) bond motifs is 1. The molecule has 9 heteroatoms. The van der Waals surface area contributed by atoms with Crippen LogP contribution < -0.4 is 11.1 Å². The molecule has 156 valence electrons. The summed E-state index contributed by atoms with van der Waals surface area (Å²) in [6.07, 6.45) is 0. The van der Waals surface area contributed by atoms with Crippen LogP contribution in [0.5, 0.6) is 0 Å². The Balaban J connectivity index is 1.45. The van der Waals surface area contributed by atoms with Crippen molar-refractivity contribution in [2.45, 2.75) is 19.5 Å². The topological polar surface area (TPSA) is 104 Å². The van der Waals surface area contributed by atoms with Crippen molar-refractivity contribution in [1.82, 2.24) is 25.3 Å². The van der Waals surface area contributed by atoms with Crippen LogP contribution in [0, 0.1) is 6.92 Å². The van der Waals surface area contributed by atoms with E-state index in [9.17, 15) is 9.59 Å². The van der Waals surface area contributed by atoms with Gasteiger partial charge in [-0.1, -0.05) is 18.2 Å². The number of thiophene rings is 1. The van der Waals surface area contributed by atoms with Crippen LogP contribution in [0.25, 0.3) is 10.2 Å². The van der Waals surface area contributed by atoms with Gasteiger partial charge >= 0.3 is 0 Å². The van der Waals surface area contributed by atoms with Gasteiger partial charge in [-0.3, -0.25) is 9.59 Å². The minimum atomic E-state index is -0.235. The van der Waals surface area contributed by atoms with Crippen LogP contribution in [0.15, 0.2) is 30.3 Å². The smallest absolute Gasteiger partial charge is 0.263 e. The summed E-state index contributed by atoms with van der Waals surface area (Å²) in [5.41, 5.74) is 9.22. The summed E-state index contributed by atoms with van der Waals surface area (Å²) in [5, 5.41) is 12.3. The zero-order valence-corrected chi connectivity index (χ0v) is 18.0. The van der Waals surface area contributed by atoms with E-state index < -0.39 is 0 Å². The van der Waals surface area contributed by atoms with E-state index in [-0.39, 0.29) is 17.9 Å². The number of rotatable bonds is 5. The molecule has 2 aromatic heterocycles. The predicted molar refractivity (Wildman–Crippen MR) is 118 cm³/mol. The van der Waals surface area contributed by atoms with Crippen LogP contribution >= 0.6 is 11.3 Å². The number of aromatic nitrogens is 2. The monoisotopic (exact) mass is 424 g/mol. The molecule has 1 aliphatic heterocycles. The van der Waals surface area contributed by atoms with E-state index in [1.165, 1.54) is 11.3 Å². The molecule has 30 heavy (non-hydrogen) atoms. The van der Waals surface area contributed by atoms with Gasteiger partial charge < -0.3 is 20.9 Å². The van der Waals surface area contributed by atoms with Gasteiger partial charge in [-0.15, -0.1) is 16.4 Å². The van der Waals surface area contributed by atoms with Gasteiger partial charge in [0, 0.05) is 30.6 Å².